The molecule has 1 heterocycles. The summed E-state index contributed by atoms with van der Waals surface area (Å²) in [5.74, 6) is 0. The molecule has 0 saturated carbocycles. The molecule has 0 aliphatic heterocycles. The Hall–Kier alpha value is -0.610. The number of rotatable bonds is 4. The Bertz CT molecular complexity index is 588. The first kappa shape index (κ1) is 15.8. The maximum Gasteiger partial charge on any atom is 0.0982 e. The van der Waals surface area contributed by atoms with E-state index in [4.69, 9.17) is 23.2 Å². The second kappa shape index (κ2) is 6.44. The van der Waals surface area contributed by atoms with Crippen LogP contribution in [0.25, 0.3) is 0 Å². The van der Waals surface area contributed by atoms with Crippen molar-refractivity contribution in [2.24, 2.45) is 0 Å². The molecule has 1 aromatic heterocycles. The highest BCUT2D eigenvalue weighted by atomic mass is 35.5. The number of aromatic nitrogens is 1. The van der Waals surface area contributed by atoms with Crippen molar-refractivity contribution >= 4 is 34.5 Å². The largest absolute Gasteiger partial charge is 0.307 e. The van der Waals surface area contributed by atoms with Gasteiger partial charge in [-0.15, -0.1) is 11.3 Å². The van der Waals surface area contributed by atoms with E-state index in [2.05, 4.69) is 36.5 Å². The van der Waals surface area contributed by atoms with Crippen molar-refractivity contribution in [1.82, 2.24) is 10.3 Å². The van der Waals surface area contributed by atoms with Gasteiger partial charge in [0.05, 0.1) is 20.7 Å². The molecule has 0 amide bonds. The zero-order valence-corrected chi connectivity index (χ0v) is 14.2. The van der Waals surface area contributed by atoms with Crippen LogP contribution >= 0.6 is 34.5 Å². The van der Waals surface area contributed by atoms with E-state index in [1.165, 1.54) is 5.01 Å². The van der Waals surface area contributed by atoms with Gasteiger partial charge in [0.15, 0.2) is 0 Å². The van der Waals surface area contributed by atoms with Crippen molar-refractivity contribution in [3.63, 3.8) is 0 Å². The molecule has 2 rings (SSSR count). The van der Waals surface area contributed by atoms with Crippen LogP contribution in [0.15, 0.2) is 23.6 Å². The maximum absolute atomic E-state index is 5.99. The molecule has 0 aliphatic carbocycles. The molecule has 0 saturated heterocycles. The Morgan fingerprint density at radius 1 is 1.15 bits per heavy atom. The van der Waals surface area contributed by atoms with Gasteiger partial charge < -0.3 is 5.32 Å². The Kier molecular flexibility index (Phi) is 5.08. The fourth-order valence-electron chi connectivity index (χ4n) is 1.72. The Balaban J connectivity index is 1.89. The first-order chi connectivity index (χ1) is 9.36. The average molecular weight is 329 g/mol. The zero-order valence-electron chi connectivity index (χ0n) is 11.8. The standard InChI is InChI=1S/C15H18Cl2N2S/c1-15(2,3)14-19-11(9-20-14)8-18-7-10-4-5-12(16)13(17)6-10/h4-6,9,18H,7-8H2,1-3H3. The van der Waals surface area contributed by atoms with E-state index in [1.54, 1.807) is 11.3 Å². The van der Waals surface area contributed by atoms with Crippen LogP contribution in [0.4, 0.5) is 0 Å². The summed E-state index contributed by atoms with van der Waals surface area (Å²) in [5, 5.41) is 7.84. The highest BCUT2D eigenvalue weighted by molar-refractivity contribution is 7.09. The third kappa shape index (κ3) is 4.19. The molecule has 0 spiro atoms. The van der Waals surface area contributed by atoms with Gasteiger partial charge >= 0.3 is 0 Å². The van der Waals surface area contributed by atoms with Crippen molar-refractivity contribution in [1.29, 1.82) is 0 Å². The van der Waals surface area contributed by atoms with E-state index in [-0.39, 0.29) is 5.41 Å². The molecule has 2 nitrogen and oxygen atoms in total. The molecule has 2 aromatic rings. The molecule has 1 N–H and O–H groups in total. The van der Waals surface area contributed by atoms with E-state index >= 15 is 0 Å². The normalized spacial score (nSPS) is 11.8. The summed E-state index contributed by atoms with van der Waals surface area (Å²) in [7, 11) is 0. The molecule has 0 unspecified atom stereocenters. The van der Waals surface area contributed by atoms with E-state index in [9.17, 15) is 0 Å². The van der Waals surface area contributed by atoms with Crippen LogP contribution in [0.5, 0.6) is 0 Å². The lowest BCUT2D eigenvalue weighted by Gasteiger charge is -2.13. The second-order valence-electron chi connectivity index (χ2n) is 5.75. The molecular weight excluding hydrogens is 311 g/mol. The average Bonchev–Trinajstić information content (AvgIpc) is 2.82. The summed E-state index contributed by atoms with van der Waals surface area (Å²) in [5.41, 5.74) is 2.32. The molecule has 0 radical (unpaired) electrons. The number of nitrogens with zero attached hydrogens (tertiary/aromatic N) is 1. The summed E-state index contributed by atoms with van der Waals surface area (Å²) in [6.07, 6.45) is 0. The Morgan fingerprint density at radius 3 is 2.50 bits per heavy atom. The first-order valence-corrected chi connectivity index (χ1v) is 8.09. The predicted molar refractivity (Wildman–Crippen MR) is 87.8 cm³/mol. The molecule has 0 bridgehead atoms. The smallest absolute Gasteiger partial charge is 0.0982 e. The van der Waals surface area contributed by atoms with Crippen LogP contribution in [0, 0.1) is 0 Å². The lowest BCUT2D eigenvalue weighted by molar-refractivity contribution is 0.579. The van der Waals surface area contributed by atoms with Gasteiger partial charge in [0, 0.05) is 23.9 Å². The maximum atomic E-state index is 5.99. The SMILES string of the molecule is CC(C)(C)c1nc(CNCc2ccc(Cl)c(Cl)c2)cs1. The Morgan fingerprint density at radius 2 is 1.90 bits per heavy atom. The van der Waals surface area contributed by atoms with Crippen molar-refractivity contribution in [3.05, 3.63) is 49.9 Å². The lowest BCUT2D eigenvalue weighted by atomic mass is 9.98. The number of hydrogen-bond donors (Lipinski definition) is 1. The van der Waals surface area contributed by atoms with Gasteiger partial charge in [-0.3, -0.25) is 0 Å². The van der Waals surface area contributed by atoms with Gasteiger partial charge in [0.1, 0.15) is 0 Å². The number of halogens is 2. The number of thiazole rings is 1. The van der Waals surface area contributed by atoms with Crippen LogP contribution in [-0.4, -0.2) is 4.98 Å². The fraction of sp³-hybridized carbons (Fsp3) is 0.400. The first-order valence-electron chi connectivity index (χ1n) is 6.46. The van der Waals surface area contributed by atoms with Gasteiger partial charge in [-0.2, -0.15) is 0 Å². The summed E-state index contributed by atoms with van der Waals surface area (Å²) in [4.78, 5) is 4.65. The second-order valence-corrected chi connectivity index (χ2v) is 7.42. The minimum Gasteiger partial charge on any atom is -0.307 e. The van der Waals surface area contributed by atoms with E-state index < -0.39 is 0 Å². The molecule has 108 valence electrons. The van der Waals surface area contributed by atoms with Crippen molar-refractivity contribution in [2.75, 3.05) is 0 Å². The highest BCUT2D eigenvalue weighted by Gasteiger charge is 2.17. The van der Waals surface area contributed by atoms with E-state index in [0.29, 0.717) is 10.0 Å². The van der Waals surface area contributed by atoms with Crippen LogP contribution < -0.4 is 5.32 Å². The summed E-state index contributed by atoms with van der Waals surface area (Å²) in [6.45, 7) is 8.04. The minimum atomic E-state index is 0.118. The number of hydrogen-bond acceptors (Lipinski definition) is 3. The molecule has 0 fully saturated rings. The van der Waals surface area contributed by atoms with Crippen LogP contribution in [0.2, 0.25) is 10.0 Å². The fourth-order valence-corrected chi connectivity index (χ4v) is 2.95. The van der Waals surface area contributed by atoms with Gasteiger partial charge in [-0.25, -0.2) is 4.98 Å². The molecule has 5 heteroatoms. The molecular formula is C15H18Cl2N2S. The molecule has 0 aliphatic rings. The van der Waals surface area contributed by atoms with Crippen molar-refractivity contribution < 1.29 is 0 Å². The zero-order chi connectivity index (χ0) is 14.8. The van der Waals surface area contributed by atoms with Crippen LogP contribution in [0.3, 0.4) is 0 Å². The highest BCUT2D eigenvalue weighted by Crippen LogP contribution is 2.25. The summed E-state index contributed by atoms with van der Waals surface area (Å²) < 4.78 is 0. The Labute approximate surface area is 134 Å². The third-order valence-electron chi connectivity index (χ3n) is 2.81. The van der Waals surface area contributed by atoms with Crippen molar-refractivity contribution in [2.45, 2.75) is 39.3 Å². The topological polar surface area (TPSA) is 24.9 Å². The van der Waals surface area contributed by atoms with E-state index in [1.807, 2.05) is 18.2 Å². The van der Waals surface area contributed by atoms with Gasteiger partial charge in [-0.1, -0.05) is 50.0 Å². The lowest BCUT2D eigenvalue weighted by Crippen LogP contribution is -2.14. The molecule has 0 atom stereocenters. The van der Waals surface area contributed by atoms with Gasteiger partial charge in [-0.05, 0) is 17.7 Å². The van der Waals surface area contributed by atoms with E-state index in [0.717, 1.165) is 24.3 Å². The predicted octanol–water partition coefficient (Wildman–Crippen LogP) is 5.04. The van der Waals surface area contributed by atoms with Crippen LogP contribution in [-0.2, 0) is 18.5 Å². The minimum absolute atomic E-state index is 0.118. The van der Waals surface area contributed by atoms with Gasteiger partial charge in [0.25, 0.3) is 0 Å². The molecule has 1 aromatic carbocycles. The third-order valence-corrected chi connectivity index (χ3v) is 4.87. The monoisotopic (exact) mass is 328 g/mol. The summed E-state index contributed by atoms with van der Waals surface area (Å²) >= 11 is 13.6. The molecule has 20 heavy (non-hydrogen) atoms. The van der Waals surface area contributed by atoms with Crippen molar-refractivity contribution in [3.8, 4) is 0 Å². The van der Waals surface area contributed by atoms with Gasteiger partial charge in [0.2, 0.25) is 0 Å². The number of nitrogens with one attached hydrogen (secondary N) is 1. The van der Waals surface area contributed by atoms with Crippen LogP contribution in [0.1, 0.15) is 37.0 Å². The number of benzene rings is 1. The quantitative estimate of drug-likeness (QED) is 0.850. The summed E-state index contributed by atoms with van der Waals surface area (Å²) in [6, 6.07) is 5.68.